The van der Waals surface area contributed by atoms with Crippen LogP contribution in [0, 0.1) is 17.8 Å². The maximum Gasteiger partial charge on any atom is 0.329 e. The Morgan fingerprint density at radius 3 is 2.17 bits per heavy atom. The number of fused-ring (bicyclic) bond motifs is 1. The van der Waals surface area contributed by atoms with Crippen molar-refractivity contribution in [1.29, 1.82) is 0 Å². The smallest absolute Gasteiger partial charge is 0.329 e. The third-order valence-corrected chi connectivity index (χ3v) is 6.16. The molecule has 0 aliphatic heterocycles. The zero-order valence-corrected chi connectivity index (χ0v) is 17.0. The van der Waals surface area contributed by atoms with Crippen LogP contribution in [0.1, 0.15) is 24.5 Å². The van der Waals surface area contributed by atoms with Crippen LogP contribution in [0.15, 0.2) is 60.7 Å². The standard InChI is InChI=1S/C24H27NO5/c1-2-28-22(26)20-18-13-19(29-14-16-9-5-3-6-10-16)24(25,21(18)20)23(27)30-15-17-11-7-4-8-12-17/h3-12,18-21H,2,13-15,25H2,1H3/t18-,19+,20-,21-,24-/m0/s1. The van der Waals surface area contributed by atoms with E-state index in [4.69, 9.17) is 19.9 Å². The fraction of sp³-hybridized carbons (Fsp3) is 0.417. The summed E-state index contributed by atoms with van der Waals surface area (Å²) in [5.41, 5.74) is 7.19. The van der Waals surface area contributed by atoms with Crippen LogP contribution in [0.3, 0.4) is 0 Å². The van der Waals surface area contributed by atoms with E-state index in [1.165, 1.54) is 0 Å². The van der Waals surface area contributed by atoms with E-state index in [9.17, 15) is 9.59 Å². The highest BCUT2D eigenvalue weighted by Gasteiger charge is 2.75. The van der Waals surface area contributed by atoms with Crippen molar-refractivity contribution in [2.24, 2.45) is 23.5 Å². The summed E-state index contributed by atoms with van der Waals surface area (Å²) >= 11 is 0. The molecular weight excluding hydrogens is 382 g/mol. The number of carbonyl (C=O) groups excluding carboxylic acids is 2. The van der Waals surface area contributed by atoms with Gasteiger partial charge in [-0.3, -0.25) is 4.79 Å². The molecule has 2 aromatic carbocycles. The van der Waals surface area contributed by atoms with Crippen LogP contribution in [-0.2, 0) is 37.0 Å². The van der Waals surface area contributed by atoms with Crippen molar-refractivity contribution in [1.82, 2.24) is 0 Å². The maximum atomic E-state index is 13.1. The highest BCUT2D eigenvalue weighted by atomic mass is 16.5. The predicted molar refractivity (Wildman–Crippen MR) is 110 cm³/mol. The monoisotopic (exact) mass is 409 g/mol. The molecule has 30 heavy (non-hydrogen) atoms. The molecule has 2 aliphatic carbocycles. The van der Waals surface area contributed by atoms with Gasteiger partial charge in [0.1, 0.15) is 12.1 Å². The summed E-state index contributed by atoms with van der Waals surface area (Å²) in [5, 5.41) is 0. The second kappa shape index (κ2) is 8.58. The van der Waals surface area contributed by atoms with E-state index in [0.717, 1.165) is 11.1 Å². The minimum absolute atomic E-state index is 0.0147. The highest BCUT2D eigenvalue weighted by molar-refractivity contribution is 5.87. The van der Waals surface area contributed by atoms with Crippen LogP contribution in [-0.4, -0.2) is 30.2 Å². The van der Waals surface area contributed by atoms with Gasteiger partial charge in [0.25, 0.3) is 0 Å². The molecule has 0 amide bonds. The average Bonchev–Trinajstić information content (AvgIpc) is 3.43. The summed E-state index contributed by atoms with van der Waals surface area (Å²) in [4.78, 5) is 25.5. The van der Waals surface area contributed by atoms with E-state index in [1.54, 1.807) is 6.92 Å². The molecule has 0 radical (unpaired) electrons. The Bertz CT molecular complexity index is 887. The molecule has 0 aromatic heterocycles. The van der Waals surface area contributed by atoms with Crippen LogP contribution in [0.4, 0.5) is 0 Å². The van der Waals surface area contributed by atoms with E-state index in [-0.39, 0.29) is 30.3 Å². The Labute approximate surface area is 176 Å². The Morgan fingerprint density at radius 1 is 0.967 bits per heavy atom. The summed E-state index contributed by atoms with van der Waals surface area (Å²) in [5.74, 6) is -1.51. The van der Waals surface area contributed by atoms with Gasteiger partial charge in [0.2, 0.25) is 0 Å². The molecule has 6 heteroatoms. The van der Waals surface area contributed by atoms with E-state index >= 15 is 0 Å². The molecular formula is C24H27NO5. The van der Waals surface area contributed by atoms with Gasteiger partial charge in [0, 0.05) is 5.92 Å². The molecule has 0 unspecified atom stereocenters. The van der Waals surface area contributed by atoms with Crippen molar-refractivity contribution < 1.29 is 23.8 Å². The number of carbonyl (C=O) groups is 2. The fourth-order valence-corrected chi connectivity index (χ4v) is 4.63. The molecule has 5 atom stereocenters. The quantitative estimate of drug-likeness (QED) is 0.675. The van der Waals surface area contributed by atoms with Gasteiger partial charge < -0.3 is 19.9 Å². The molecule has 2 fully saturated rings. The average molecular weight is 409 g/mol. The number of hydrogen-bond donors (Lipinski definition) is 1. The Balaban J connectivity index is 1.48. The topological polar surface area (TPSA) is 87.9 Å². The van der Waals surface area contributed by atoms with Crippen molar-refractivity contribution in [3.8, 4) is 0 Å². The van der Waals surface area contributed by atoms with Gasteiger partial charge >= 0.3 is 11.9 Å². The third kappa shape index (κ3) is 3.85. The van der Waals surface area contributed by atoms with Crippen molar-refractivity contribution in [2.75, 3.05) is 6.61 Å². The van der Waals surface area contributed by atoms with Crippen LogP contribution < -0.4 is 5.73 Å². The second-order valence-corrected chi connectivity index (χ2v) is 7.98. The second-order valence-electron chi connectivity index (χ2n) is 7.98. The molecule has 0 bridgehead atoms. The van der Waals surface area contributed by atoms with E-state index in [1.807, 2.05) is 60.7 Å². The molecule has 0 saturated heterocycles. The number of hydrogen-bond acceptors (Lipinski definition) is 6. The van der Waals surface area contributed by atoms with Gasteiger partial charge in [0.15, 0.2) is 0 Å². The fourth-order valence-electron chi connectivity index (χ4n) is 4.63. The maximum absolute atomic E-state index is 13.1. The molecule has 2 aromatic rings. The molecule has 6 nitrogen and oxygen atoms in total. The molecule has 158 valence electrons. The predicted octanol–water partition coefficient (Wildman–Crippen LogP) is 2.84. The van der Waals surface area contributed by atoms with Gasteiger partial charge in [-0.2, -0.15) is 0 Å². The zero-order valence-electron chi connectivity index (χ0n) is 17.0. The van der Waals surface area contributed by atoms with Crippen molar-refractivity contribution in [3.05, 3.63) is 71.8 Å². The van der Waals surface area contributed by atoms with Gasteiger partial charge in [0.05, 0.1) is 25.2 Å². The zero-order chi connectivity index (χ0) is 21.1. The van der Waals surface area contributed by atoms with E-state index in [0.29, 0.717) is 19.6 Å². The third-order valence-electron chi connectivity index (χ3n) is 6.16. The first-order valence-corrected chi connectivity index (χ1v) is 10.4. The molecule has 4 rings (SSSR count). The van der Waals surface area contributed by atoms with Gasteiger partial charge in [-0.1, -0.05) is 60.7 Å². The molecule has 0 heterocycles. The first-order valence-electron chi connectivity index (χ1n) is 10.4. The highest BCUT2D eigenvalue weighted by Crippen LogP contribution is 2.63. The SMILES string of the molecule is CCOC(=O)[C@H]1[C@@H]2C[C@@H](OCc3ccccc3)[C@@](N)(C(=O)OCc3ccccc3)[C@@H]21. The Morgan fingerprint density at radius 2 is 1.57 bits per heavy atom. The lowest BCUT2D eigenvalue weighted by Crippen LogP contribution is -2.59. The molecule has 0 spiro atoms. The van der Waals surface area contributed by atoms with Crippen molar-refractivity contribution in [2.45, 2.75) is 38.2 Å². The van der Waals surface area contributed by atoms with Gasteiger partial charge in [-0.25, -0.2) is 4.79 Å². The number of nitrogens with two attached hydrogens (primary N) is 1. The van der Waals surface area contributed by atoms with E-state index in [2.05, 4.69) is 0 Å². The van der Waals surface area contributed by atoms with Crippen LogP contribution in [0.5, 0.6) is 0 Å². The van der Waals surface area contributed by atoms with Crippen LogP contribution in [0.25, 0.3) is 0 Å². The number of ether oxygens (including phenoxy) is 3. The van der Waals surface area contributed by atoms with Gasteiger partial charge in [-0.15, -0.1) is 0 Å². The summed E-state index contributed by atoms with van der Waals surface area (Å²) in [7, 11) is 0. The largest absolute Gasteiger partial charge is 0.466 e. The van der Waals surface area contributed by atoms with Crippen LogP contribution in [0.2, 0.25) is 0 Å². The van der Waals surface area contributed by atoms with Gasteiger partial charge in [-0.05, 0) is 30.4 Å². The molecule has 2 aliphatic rings. The normalized spacial score (nSPS) is 29.1. The molecule has 2 N–H and O–H groups in total. The van der Waals surface area contributed by atoms with E-state index < -0.39 is 17.6 Å². The summed E-state index contributed by atoms with van der Waals surface area (Å²) in [6.45, 7) is 2.55. The lowest BCUT2D eigenvalue weighted by molar-refractivity contribution is -0.160. The summed E-state index contributed by atoms with van der Waals surface area (Å²) in [6, 6.07) is 19.2. The lowest BCUT2D eigenvalue weighted by Gasteiger charge is -2.32. The first-order chi connectivity index (χ1) is 14.6. The first kappa shape index (κ1) is 20.6. The minimum Gasteiger partial charge on any atom is -0.466 e. The van der Waals surface area contributed by atoms with Crippen LogP contribution >= 0.6 is 0 Å². The lowest BCUT2D eigenvalue weighted by atomic mass is 9.88. The number of benzene rings is 2. The molecule has 2 saturated carbocycles. The number of rotatable bonds is 8. The summed E-state index contributed by atoms with van der Waals surface area (Å²) < 4.78 is 16.9. The minimum atomic E-state index is -1.37. The Hall–Kier alpha value is -2.70. The van der Waals surface area contributed by atoms with Crippen molar-refractivity contribution in [3.63, 3.8) is 0 Å². The van der Waals surface area contributed by atoms with Crippen molar-refractivity contribution >= 4 is 11.9 Å². The number of esters is 2. The summed E-state index contributed by atoms with van der Waals surface area (Å²) in [6.07, 6.45) is 0.0272. The Kier molecular flexibility index (Phi) is 5.88.